The second kappa shape index (κ2) is 6.18. The minimum atomic E-state index is -0.864. The maximum atomic E-state index is 11.7. The number of aliphatic carboxylic acids is 1. The molecule has 2 rings (SSSR count). The lowest BCUT2D eigenvalue weighted by Crippen LogP contribution is -2.48. The molecule has 2 heterocycles. The largest absolute Gasteiger partial charge is 0.481 e. The van der Waals surface area contributed by atoms with E-state index < -0.39 is 5.97 Å². The van der Waals surface area contributed by atoms with Crippen LogP contribution in [0.15, 0.2) is 12.4 Å². The molecule has 0 atom stereocenters. The van der Waals surface area contributed by atoms with Crippen LogP contribution >= 0.6 is 0 Å². The third kappa shape index (κ3) is 3.56. The van der Waals surface area contributed by atoms with Gasteiger partial charge in [-0.2, -0.15) is 0 Å². The maximum Gasteiger partial charge on any atom is 0.305 e. The van der Waals surface area contributed by atoms with Gasteiger partial charge in [0.25, 0.3) is 0 Å². The summed E-state index contributed by atoms with van der Waals surface area (Å²) in [5.74, 6) is 0.411. The molecule has 1 saturated heterocycles. The number of nitrogens with zero attached hydrogens (tertiary/aromatic N) is 4. The van der Waals surface area contributed by atoms with Crippen LogP contribution < -0.4 is 10.2 Å². The van der Waals surface area contributed by atoms with Crippen molar-refractivity contribution >= 4 is 23.5 Å². The van der Waals surface area contributed by atoms with E-state index in [0.29, 0.717) is 37.8 Å². The third-order valence-electron chi connectivity index (χ3n) is 3.08. The van der Waals surface area contributed by atoms with Gasteiger partial charge >= 0.3 is 5.97 Å². The fourth-order valence-corrected chi connectivity index (χ4v) is 1.87. The van der Waals surface area contributed by atoms with Gasteiger partial charge < -0.3 is 20.2 Å². The van der Waals surface area contributed by atoms with Crippen molar-refractivity contribution in [1.29, 1.82) is 0 Å². The van der Waals surface area contributed by atoms with Crippen molar-refractivity contribution in [2.45, 2.75) is 6.42 Å². The number of rotatable bonds is 5. The van der Waals surface area contributed by atoms with Crippen LogP contribution in [-0.2, 0) is 9.59 Å². The standard InChI is InChI=1S/C12H17N5O3/c1-16-4-5-17(7-11(16)18)10-6-9(14-8-15-10)13-3-2-12(19)20/h6,8H,2-5,7H2,1H3,(H,19,20)(H,13,14,15). The summed E-state index contributed by atoms with van der Waals surface area (Å²) in [6.07, 6.45) is 1.42. The van der Waals surface area contributed by atoms with Gasteiger partial charge in [0.1, 0.15) is 18.0 Å². The van der Waals surface area contributed by atoms with Gasteiger partial charge in [0.05, 0.1) is 13.0 Å². The monoisotopic (exact) mass is 279 g/mol. The van der Waals surface area contributed by atoms with Crippen LogP contribution in [0.3, 0.4) is 0 Å². The quantitative estimate of drug-likeness (QED) is 0.759. The van der Waals surface area contributed by atoms with Gasteiger partial charge in [-0.25, -0.2) is 9.97 Å². The van der Waals surface area contributed by atoms with Gasteiger partial charge in [-0.3, -0.25) is 9.59 Å². The molecule has 0 spiro atoms. The summed E-state index contributed by atoms with van der Waals surface area (Å²) in [6.45, 7) is 1.97. The van der Waals surface area contributed by atoms with Crippen molar-refractivity contribution in [2.75, 3.05) is 43.4 Å². The summed E-state index contributed by atoms with van der Waals surface area (Å²) in [7, 11) is 1.78. The highest BCUT2D eigenvalue weighted by Gasteiger charge is 2.22. The molecule has 0 radical (unpaired) electrons. The normalized spacial score (nSPS) is 15.3. The van der Waals surface area contributed by atoms with Gasteiger partial charge in [-0.1, -0.05) is 0 Å². The second-order valence-corrected chi connectivity index (χ2v) is 4.57. The number of hydrogen-bond acceptors (Lipinski definition) is 6. The van der Waals surface area contributed by atoms with Crippen molar-refractivity contribution < 1.29 is 14.7 Å². The molecule has 0 bridgehead atoms. The Morgan fingerprint density at radius 2 is 2.25 bits per heavy atom. The molecule has 8 heteroatoms. The molecule has 108 valence electrons. The first-order valence-electron chi connectivity index (χ1n) is 6.33. The topological polar surface area (TPSA) is 98.7 Å². The molecular formula is C12H17N5O3. The fourth-order valence-electron chi connectivity index (χ4n) is 1.87. The average molecular weight is 279 g/mol. The highest BCUT2D eigenvalue weighted by atomic mass is 16.4. The number of piperazine rings is 1. The Balaban J connectivity index is 1.98. The Kier molecular flexibility index (Phi) is 4.34. The third-order valence-corrected chi connectivity index (χ3v) is 3.08. The van der Waals surface area contributed by atoms with Crippen LogP contribution in [0.4, 0.5) is 11.6 Å². The summed E-state index contributed by atoms with van der Waals surface area (Å²) in [5.41, 5.74) is 0. The predicted octanol–water partition coefficient (Wildman–Crippen LogP) is -0.358. The summed E-state index contributed by atoms with van der Waals surface area (Å²) >= 11 is 0. The van der Waals surface area contributed by atoms with E-state index in [-0.39, 0.29) is 12.3 Å². The number of amides is 1. The number of carboxylic acids is 1. The van der Waals surface area contributed by atoms with Crippen molar-refractivity contribution in [2.24, 2.45) is 0 Å². The van der Waals surface area contributed by atoms with Gasteiger partial charge in [0.2, 0.25) is 5.91 Å². The number of nitrogens with one attached hydrogen (secondary N) is 1. The summed E-state index contributed by atoms with van der Waals surface area (Å²) < 4.78 is 0. The minimum absolute atomic E-state index is 0.0202. The number of carbonyl (C=O) groups is 2. The van der Waals surface area contributed by atoms with E-state index in [1.165, 1.54) is 6.33 Å². The van der Waals surface area contributed by atoms with Crippen LogP contribution in [0, 0.1) is 0 Å². The van der Waals surface area contributed by atoms with E-state index in [0.717, 1.165) is 0 Å². The minimum Gasteiger partial charge on any atom is -0.481 e. The molecule has 8 nitrogen and oxygen atoms in total. The van der Waals surface area contributed by atoms with Crippen molar-refractivity contribution in [3.63, 3.8) is 0 Å². The highest BCUT2D eigenvalue weighted by Crippen LogP contribution is 2.16. The van der Waals surface area contributed by atoms with E-state index in [1.54, 1.807) is 18.0 Å². The van der Waals surface area contributed by atoms with Crippen LogP contribution in [0.5, 0.6) is 0 Å². The molecule has 1 aromatic rings. The molecule has 20 heavy (non-hydrogen) atoms. The SMILES string of the molecule is CN1CCN(c2cc(NCCC(=O)O)ncn2)CC1=O. The predicted molar refractivity (Wildman–Crippen MR) is 72.6 cm³/mol. The van der Waals surface area contributed by atoms with Crippen molar-refractivity contribution in [3.8, 4) is 0 Å². The van der Waals surface area contributed by atoms with Gasteiger partial charge in [0.15, 0.2) is 0 Å². The number of carboxylic acid groups (broad SMARTS) is 1. The molecule has 1 aliphatic rings. The zero-order chi connectivity index (χ0) is 14.5. The van der Waals surface area contributed by atoms with Crippen LogP contribution in [0.25, 0.3) is 0 Å². The maximum absolute atomic E-state index is 11.7. The molecule has 0 aromatic carbocycles. The highest BCUT2D eigenvalue weighted by molar-refractivity contribution is 5.82. The molecule has 1 aromatic heterocycles. The Labute approximate surface area is 116 Å². The first-order chi connectivity index (χ1) is 9.56. The molecule has 0 aliphatic carbocycles. The second-order valence-electron chi connectivity index (χ2n) is 4.57. The molecular weight excluding hydrogens is 262 g/mol. The molecule has 1 amide bonds. The summed E-state index contributed by atoms with van der Waals surface area (Å²) in [6, 6.07) is 1.72. The lowest BCUT2D eigenvalue weighted by molar-refractivity contribution is -0.136. The van der Waals surface area contributed by atoms with E-state index in [2.05, 4.69) is 15.3 Å². The van der Waals surface area contributed by atoms with Crippen LogP contribution in [-0.4, -0.2) is 65.1 Å². The Bertz CT molecular complexity index is 508. The zero-order valence-corrected chi connectivity index (χ0v) is 11.2. The first-order valence-corrected chi connectivity index (χ1v) is 6.33. The van der Waals surface area contributed by atoms with Crippen LogP contribution in [0.1, 0.15) is 6.42 Å². The number of carbonyl (C=O) groups excluding carboxylic acids is 1. The number of hydrogen-bond donors (Lipinski definition) is 2. The van der Waals surface area contributed by atoms with E-state index >= 15 is 0 Å². The number of likely N-dealkylation sites (N-methyl/N-ethyl adjacent to an activating group) is 1. The van der Waals surface area contributed by atoms with Crippen LogP contribution in [0.2, 0.25) is 0 Å². The van der Waals surface area contributed by atoms with E-state index in [4.69, 9.17) is 5.11 Å². The Hall–Kier alpha value is -2.38. The molecule has 0 saturated carbocycles. The molecule has 2 N–H and O–H groups in total. The number of aromatic nitrogens is 2. The lowest BCUT2D eigenvalue weighted by Gasteiger charge is -2.32. The average Bonchev–Trinajstić information content (AvgIpc) is 2.42. The lowest BCUT2D eigenvalue weighted by atomic mass is 10.3. The Morgan fingerprint density at radius 3 is 2.95 bits per heavy atom. The zero-order valence-electron chi connectivity index (χ0n) is 11.2. The van der Waals surface area contributed by atoms with Gasteiger partial charge in [-0.15, -0.1) is 0 Å². The Morgan fingerprint density at radius 1 is 1.45 bits per heavy atom. The smallest absolute Gasteiger partial charge is 0.305 e. The molecule has 0 unspecified atom stereocenters. The van der Waals surface area contributed by atoms with Crippen molar-refractivity contribution in [3.05, 3.63) is 12.4 Å². The first kappa shape index (κ1) is 14.0. The molecule has 1 fully saturated rings. The van der Waals surface area contributed by atoms with E-state index in [1.807, 2.05) is 4.90 Å². The fraction of sp³-hybridized carbons (Fsp3) is 0.500. The number of anilines is 2. The van der Waals surface area contributed by atoms with Gasteiger partial charge in [-0.05, 0) is 0 Å². The van der Waals surface area contributed by atoms with Gasteiger partial charge in [0, 0.05) is 32.7 Å². The summed E-state index contributed by atoms with van der Waals surface area (Å²) in [5, 5.41) is 11.5. The summed E-state index contributed by atoms with van der Waals surface area (Å²) in [4.78, 5) is 33.9. The van der Waals surface area contributed by atoms with E-state index in [9.17, 15) is 9.59 Å². The molecule has 1 aliphatic heterocycles. The van der Waals surface area contributed by atoms with Crippen molar-refractivity contribution in [1.82, 2.24) is 14.9 Å².